The molecular formula is C18H39NO. The fraction of sp³-hybridized carbons (Fsp3) is 1.00. The van der Waals surface area contributed by atoms with Crippen molar-refractivity contribution in [1.82, 2.24) is 5.32 Å². The van der Waals surface area contributed by atoms with Gasteiger partial charge < -0.3 is 10.1 Å². The van der Waals surface area contributed by atoms with Crippen molar-refractivity contribution >= 4 is 0 Å². The number of methoxy groups -OCH3 is 1. The largest absolute Gasteiger partial charge is 0.383 e. The van der Waals surface area contributed by atoms with Gasteiger partial charge >= 0.3 is 0 Å². The van der Waals surface area contributed by atoms with Gasteiger partial charge in [-0.05, 0) is 13.0 Å². The average Bonchev–Trinajstić information content (AvgIpc) is 2.45. The van der Waals surface area contributed by atoms with Crippen molar-refractivity contribution in [3.63, 3.8) is 0 Å². The van der Waals surface area contributed by atoms with E-state index in [-0.39, 0.29) is 0 Å². The molecule has 0 amide bonds. The second-order valence-corrected chi connectivity index (χ2v) is 6.03. The van der Waals surface area contributed by atoms with Crippen LogP contribution in [-0.4, -0.2) is 26.3 Å². The molecule has 0 aliphatic rings. The molecule has 0 fully saturated rings. The van der Waals surface area contributed by atoms with Gasteiger partial charge in [0.1, 0.15) is 0 Å². The fourth-order valence-electron chi connectivity index (χ4n) is 2.79. The van der Waals surface area contributed by atoms with E-state index in [4.69, 9.17) is 4.74 Å². The maximum atomic E-state index is 5.24. The Kier molecular flexibility index (Phi) is 16.9. The Hall–Kier alpha value is -0.0800. The molecule has 0 rings (SSSR count). The van der Waals surface area contributed by atoms with E-state index in [0.717, 1.165) is 13.2 Å². The van der Waals surface area contributed by atoms with Crippen molar-refractivity contribution in [2.45, 2.75) is 96.9 Å². The summed E-state index contributed by atoms with van der Waals surface area (Å²) in [4.78, 5) is 0. The molecule has 20 heavy (non-hydrogen) atoms. The topological polar surface area (TPSA) is 21.3 Å². The summed E-state index contributed by atoms with van der Waals surface area (Å²) in [7, 11) is 1.80. The molecule has 1 atom stereocenters. The maximum absolute atomic E-state index is 5.24. The summed E-state index contributed by atoms with van der Waals surface area (Å²) in [5, 5.41) is 3.49. The van der Waals surface area contributed by atoms with Gasteiger partial charge in [-0.1, -0.05) is 84.5 Å². The van der Waals surface area contributed by atoms with Crippen molar-refractivity contribution in [3.05, 3.63) is 0 Å². The Balaban J connectivity index is 3.18. The van der Waals surface area contributed by atoms with Gasteiger partial charge in [-0.25, -0.2) is 0 Å². The molecule has 0 aliphatic heterocycles. The minimum Gasteiger partial charge on any atom is -0.383 e. The van der Waals surface area contributed by atoms with Gasteiger partial charge in [0.2, 0.25) is 0 Å². The normalized spacial score (nSPS) is 12.8. The number of rotatable bonds is 16. The van der Waals surface area contributed by atoms with Crippen LogP contribution in [0.25, 0.3) is 0 Å². The van der Waals surface area contributed by atoms with Crippen molar-refractivity contribution in [3.8, 4) is 0 Å². The molecule has 0 aromatic carbocycles. The van der Waals surface area contributed by atoms with Crippen LogP contribution in [0.3, 0.4) is 0 Å². The number of hydrogen-bond acceptors (Lipinski definition) is 2. The zero-order chi connectivity index (χ0) is 14.9. The van der Waals surface area contributed by atoms with Crippen LogP contribution >= 0.6 is 0 Å². The summed E-state index contributed by atoms with van der Waals surface area (Å²) in [5.74, 6) is 0. The number of nitrogens with one attached hydrogen (secondary N) is 1. The van der Waals surface area contributed by atoms with Crippen LogP contribution in [0.4, 0.5) is 0 Å². The Bertz CT molecular complexity index is 167. The second kappa shape index (κ2) is 17.0. The molecule has 0 spiro atoms. The molecule has 0 aliphatic carbocycles. The number of unbranched alkanes of at least 4 members (excludes halogenated alkanes) is 10. The summed E-state index contributed by atoms with van der Waals surface area (Å²) in [6, 6.07) is 0.559. The van der Waals surface area contributed by atoms with Crippen LogP contribution in [-0.2, 0) is 4.74 Å². The predicted octanol–water partition coefficient (Wildman–Crippen LogP) is 5.31. The first-order valence-corrected chi connectivity index (χ1v) is 9.07. The average molecular weight is 286 g/mol. The first kappa shape index (κ1) is 19.9. The third-order valence-corrected chi connectivity index (χ3v) is 4.02. The highest BCUT2D eigenvalue weighted by molar-refractivity contribution is 4.64. The summed E-state index contributed by atoms with van der Waals surface area (Å²) < 4.78 is 5.24. The van der Waals surface area contributed by atoms with Gasteiger partial charge in [-0.2, -0.15) is 0 Å². The highest BCUT2D eigenvalue weighted by atomic mass is 16.5. The summed E-state index contributed by atoms with van der Waals surface area (Å²) >= 11 is 0. The van der Waals surface area contributed by atoms with Gasteiger partial charge in [0.15, 0.2) is 0 Å². The van der Waals surface area contributed by atoms with Crippen LogP contribution in [0.5, 0.6) is 0 Å². The monoisotopic (exact) mass is 285 g/mol. The zero-order valence-electron chi connectivity index (χ0n) is 14.4. The van der Waals surface area contributed by atoms with E-state index in [1.54, 1.807) is 7.11 Å². The highest BCUT2D eigenvalue weighted by Gasteiger charge is 2.05. The van der Waals surface area contributed by atoms with E-state index in [2.05, 4.69) is 19.2 Å². The zero-order valence-corrected chi connectivity index (χ0v) is 14.4. The van der Waals surface area contributed by atoms with Crippen molar-refractivity contribution in [2.75, 3.05) is 20.3 Å². The molecule has 0 bridgehead atoms. The van der Waals surface area contributed by atoms with Gasteiger partial charge in [0.25, 0.3) is 0 Å². The molecule has 122 valence electrons. The quantitative estimate of drug-likeness (QED) is 0.388. The van der Waals surface area contributed by atoms with Gasteiger partial charge in [-0.15, -0.1) is 0 Å². The van der Waals surface area contributed by atoms with Gasteiger partial charge in [0.05, 0.1) is 6.61 Å². The van der Waals surface area contributed by atoms with Gasteiger partial charge in [0, 0.05) is 13.2 Å². The van der Waals surface area contributed by atoms with Crippen LogP contribution in [0, 0.1) is 0 Å². The highest BCUT2D eigenvalue weighted by Crippen LogP contribution is 2.12. The molecule has 0 saturated carbocycles. The molecule has 2 heteroatoms. The van der Waals surface area contributed by atoms with Crippen molar-refractivity contribution in [1.29, 1.82) is 0 Å². The summed E-state index contributed by atoms with van der Waals surface area (Å²) in [6.45, 7) is 6.36. The lowest BCUT2D eigenvalue weighted by Gasteiger charge is -2.16. The standard InChI is InChI=1S/C18H39NO/c1-4-6-7-8-9-10-11-12-13-14-15-16-18(17-20-3)19-5-2/h18-19H,4-17H2,1-3H3. The second-order valence-electron chi connectivity index (χ2n) is 6.03. The van der Waals surface area contributed by atoms with Crippen LogP contribution in [0.15, 0.2) is 0 Å². The summed E-state index contributed by atoms with van der Waals surface area (Å²) in [5.41, 5.74) is 0. The predicted molar refractivity (Wildman–Crippen MR) is 90.4 cm³/mol. The van der Waals surface area contributed by atoms with Crippen molar-refractivity contribution < 1.29 is 4.74 Å². The van der Waals surface area contributed by atoms with Crippen LogP contribution in [0.1, 0.15) is 90.9 Å². The minimum absolute atomic E-state index is 0.559. The van der Waals surface area contributed by atoms with E-state index in [0.29, 0.717) is 6.04 Å². The lowest BCUT2D eigenvalue weighted by Crippen LogP contribution is -2.32. The number of likely N-dealkylation sites (N-methyl/N-ethyl adjacent to an activating group) is 1. The van der Waals surface area contributed by atoms with E-state index in [1.165, 1.54) is 77.0 Å². The molecule has 1 unspecified atom stereocenters. The Labute approximate surface area is 128 Å². The van der Waals surface area contributed by atoms with E-state index < -0.39 is 0 Å². The van der Waals surface area contributed by atoms with E-state index in [9.17, 15) is 0 Å². The summed E-state index contributed by atoms with van der Waals surface area (Å²) in [6.07, 6.45) is 16.9. The third kappa shape index (κ3) is 14.3. The van der Waals surface area contributed by atoms with E-state index in [1.807, 2.05) is 0 Å². The smallest absolute Gasteiger partial charge is 0.0615 e. The third-order valence-electron chi connectivity index (χ3n) is 4.02. The molecule has 1 N–H and O–H groups in total. The van der Waals surface area contributed by atoms with E-state index >= 15 is 0 Å². The van der Waals surface area contributed by atoms with Crippen LogP contribution < -0.4 is 5.32 Å². The van der Waals surface area contributed by atoms with Crippen LogP contribution in [0.2, 0.25) is 0 Å². The lowest BCUT2D eigenvalue weighted by atomic mass is 10.0. The Morgan fingerprint density at radius 2 is 1.25 bits per heavy atom. The molecule has 0 radical (unpaired) electrons. The molecular weight excluding hydrogens is 246 g/mol. The molecule has 0 aromatic rings. The first-order chi connectivity index (χ1) is 9.85. The molecule has 0 aromatic heterocycles. The first-order valence-electron chi connectivity index (χ1n) is 9.07. The SMILES string of the molecule is CCCCCCCCCCCCCC(COC)NCC. The number of hydrogen-bond donors (Lipinski definition) is 1. The molecule has 0 saturated heterocycles. The fourth-order valence-corrected chi connectivity index (χ4v) is 2.79. The lowest BCUT2D eigenvalue weighted by molar-refractivity contribution is 0.162. The Morgan fingerprint density at radius 1 is 0.750 bits per heavy atom. The number of ether oxygens (including phenoxy) is 1. The molecule has 0 heterocycles. The molecule has 2 nitrogen and oxygen atoms in total. The van der Waals surface area contributed by atoms with Gasteiger partial charge in [-0.3, -0.25) is 0 Å². The minimum atomic E-state index is 0.559. The Morgan fingerprint density at radius 3 is 1.70 bits per heavy atom. The van der Waals surface area contributed by atoms with Crippen molar-refractivity contribution in [2.24, 2.45) is 0 Å². The maximum Gasteiger partial charge on any atom is 0.0615 e.